The number of benzene rings is 1. The first-order valence-corrected chi connectivity index (χ1v) is 11.7. The maximum absolute atomic E-state index is 12.4. The van der Waals surface area contributed by atoms with Gasteiger partial charge in [-0.05, 0) is 76.8 Å². The van der Waals surface area contributed by atoms with Crippen molar-refractivity contribution in [1.29, 1.82) is 0 Å². The van der Waals surface area contributed by atoms with E-state index in [9.17, 15) is 9.90 Å². The number of hydrogen-bond acceptors (Lipinski definition) is 7. The van der Waals surface area contributed by atoms with Crippen LogP contribution in [-0.2, 0) is 0 Å². The Labute approximate surface area is 200 Å². The van der Waals surface area contributed by atoms with Gasteiger partial charge in [0.2, 0.25) is 5.95 Å². The molecule has 9 heteroatoms. The summed E-state index contributed by atoms with van der Waals surface area (Å²) in [6.45, 7) is 5.78. The van der Waals surface area contributed by atoms with E-state index in [4.69, 9.17) is 9.72 Å². The number of amides is 1. The van der Waals surface area contributed by atoms with Gasteiger partial charge in [-0.1, -0.05) is 0 Å². The molecule has 0 saturated heterocycles. The van der Waals surface area contributed by atoms with Crippen molar-refractivity contribution in [2.45, 2.75) is 64.2 Å². The van der Waals surface area contributed by atoms with Gasteiger partial charge in [0.1, 0.15) is 11.3 Å². The molecule has 3 aromatic rings. The van der Waals surface area contributed by atoms with Gasteiger partial charge in [0.15, 0.2) is 5.82 Å². The molecular weight excluding hydrogens is 432 g/mol. The number of nitrogens with one attached hydrogen (secondary N) is 2. The molecule has 2 heterocycles. The first kappa shape index (κ1) is 23.8. The third-order valence-corrected chi connectivity index (χ3v) is 6.04. The van der Waals surface area contributed by atoms with E-state index in [-0.39, 0.29) is 18.1 Å². The van der Waals surface area contributed by atoms with E-state index in [0.717, 1.165) is 37.0 Å². The van der Waals surface area contributed by atoms with Crippen LogP contribution in [0.2, 0.25) is 0 Å². The molecular formula is C25H34N6O3. The summed E-state index contributed by atoms with van der Waals surface area (Å²) in [5, 5.41) is 21.7. The Bertz CT molecular complexity index is 1160. The zero-order valence-corrected chi connectivity index (χ0v) is 20.5. The number of rotatable bonds is 7. The standard InChI is InChI=1S/C25H34N6O3/c1-16(2)34-21-15-17(23(32)30(4)5)8-9-19(21)27-24-28-22(20-7-6-14-31(20)29-24)26-18-10-12-25(3,33)13-11-18/h6-9,14-16,18,33H,10-13H2,1-5H3,(H2,26,27,28,29). The predicted molar refractivity (Wildman–Crippen MR) is 133 cm³/mol. The van der Waals surface area contributed by atoms with Crippen molar-refractivity contribution in [1.82, 2.24) is 19.5 Å². The Balaban J connectivity index is 1.62. The molecule has 3 N–H and O–H groups in total. The quantitative estimate of drug-likeness (QED) is 0.482. The number of nitrogens with zero attached hydrogens (tertiary/aromatic N) is 4. The van der Waals surface area contributed by atoms with Crippen LogP contribution in [0, 0.1) is 0 Å². The Morgan fingerprint density at radius 1 is 1.26 bits per heavy atom. The Morgan fingerprint density at radius 3 is 2.68 bits per heavy atom. The van der Waals surface area contributed by atoms with Crippen molar-refractivity contribution >= 4 is 28.9 Å². The molecule has 34 heavy (non-hydrogen) atoms. The number of aromatic nitrogens is 3. The minimum Gasteiger partial charge on any atom is -0.489 e. The lowest BCUT2D eigenvalue weighted by Crippen LogP contribution is -2.36. The molecule has 0 aliphatic heterocycles. The molecule has 9 nitrogen and oxygen atoms in total. The molecule has 1 amide bonds. The summed E-state index contributed by atoms with van der Waals surface area (Å²) in [6.07, 6.45) is 5.07. The highest BCUT2D eigenvalue weighted by molar-refractivity contribution is 5.95. The van der Waals surface area contributed by atoms with E-state index < -0.39 is 5.60 Å². The van der Waals surface area contributed by atoms with E-state index in [1.54, 1.807) is 30.7 Å². The predicted octanol–water partition coefficient (Wildman–Crippen LogP) is 4.07. The first-order chi connectivity index (χ1) is 16.1. The second kappa shape index (κ2) is 9.50. The summed E-state index contributed by atoms with van der Waals surface area (Å²) in [4.78, 5) is 18.7. The van der Waals surface area contributed by atoms with Crippen molar-refractivity contribution in [2.75, 3.05) is 24.7 Å². The van der Waals surface area contributed by atoms with Crippen LogP contribution < -0.4 is 15.4 Å². The monoisotopic (exact) mass is 466 g/mol. The second-order valence-corrected chi connectivity index (χ2v) is 9.74. The third-order valence-electron chi connectivity index (χ3n) is 6.04. The van der Waals surface area contributed by atoms with Crippen molar-refractivity contribution in [3.05, 3.63) is 42.1 Å². The molecule has 2 aromatic heterocycles. The van der Waals surface area contributed by atoms with Gasteiger partial charge < -0.3 is 25.4 Å². The normalized spacial score (nSPS) is 20.4. The van der Waals surface area contributed by atoms with Crippen LogP contribution in [0.5, 0.6) is 5.75 Å². The minimum absolute atomic E-state index is 0.0705. The highest BCUT2D eigenvalue weighted by atomic mass is 16.5. The van der Waals surface area contributed by atoms with E-state index in [1.165, 1.54) is 4.90 Å². The largest absolute Gasteiger partial charge is 0.489 e. The lowest BCUT2D eigenvalue weighted by molar-refractivity contribution is 0.0196. The van der Waals surface area contributed by atoms with Gasteiger partial charge in [0, 0.05) is 31.9 Å². The van der Waals surface area contributed by atoms with Gasteiger partial charge in [-0.2, -0.15) is 4.98 Å². The number of ether oxygens (including phenoxy) is 1. The maximum atomic E-state index is 12.4. The van der Waals surface area contributed by atoms with Crippen molar-refractivity contribution < 1.29 is 14.6 Å². The summed E-state index contributed by atoms with van der Waals surface area (Å²) < 4.78 is 7.78. The third kappa shape index (κ3) is 5.41. The second-order valence-electron chi connectivity index (χ2n) is 9.74. The number of hydrogen-bond donors (Lipinski definition) is 3. The summed E-state index contributed by atoms with van der Waals surface area (Å²) >= 11 is 0. The van der Waals surface area contributed by atoms with E-state index in [0.29, 0.717) is 22.9 Å². The van der Waals surface area contributed by atoms with E-state index in [1.807, 2.05) is 45.2 Å². The van der Waals surface area contributed by atoms with Gasteiger partial charge in [-0.25, -0.2) is 4.52 Å². The van der Waals surface area contributed by atoms with Crippen LogP contribution in [0.4, 0.5) is 17.5 Å². The smallest absolute Gasteiger partial charge is 0.253 e. The molecule has 0 radical (unpaired) electrons. The molecule has 1 aliphatic rings. The Morgan fingerprint density at radius 2 is 2.00 bits per heavy atom. The van der Waals surface area contributed by atoms with Crippen LogP contribution in [0.3, 0.4) is 0 Å². The van der Waals surface area contributed by atoms with Crippen LogP contribution >= 0.6 is 0 Å². The fraction of sp³-hybridized carbons (Fsp3) is 0.480. The highest BCUT2D eigenvalue weighted by Crippen LogP contribution is 2.32. The van der Waals surface area contributed by atoms with E-state index in [2.05, 4.69) is 15.7 Å². The van der Waals surface area contributed by atoms with Crippen LogP contribution in [0.25, 0.3) is 5.52 Å². The molecule has 4 rings (SSSR count). The van der Waals surface area contributed by atoms with Gasteiger partial charge >= 0.3 is 0 Å². The number of carbonyl (C=O) groups is 1. The van der Waals surface area contributed by atoms with Crippen LogP contribution in [0.15, 0.2) is 36.5 Å². The summed E-state index contributed by atoms with van der Waals surface area (Å²) in [7, 11) is 3.44. The van der Waals surface area contributed by atoms with Crippen molar-refractivity contribution in [3.8, 4) is 5.75 Å². The molecule has 1 aromatic carbocycles. The molecule has 0 spiro atoms. The summed E-state index contributed by atoms with van der Waals surface area (Å²) in [5.74, 6) is 1.61. The molecule has 182 valence electrons. The van der Waals surface area contributed by atoms with Crippen LogP contribution in [0.1, 0.15) is 56.8 Å². The fourth-order valence-electron chi connectivity index (χ4n) is 4.16. The Hall–Kier alpha value is -3.33. The Kier molecular flexibility index (Phi) is 6.65. The average molecular weight is 467 g/mol. The molecule has 1 saturated carbocycles. The average Bonchev–Trinajstić information content (AvgIpc) is 3.24. The highest BCUT2D eigenvalue weighted by Gasteiger charge is 2.29. The zero-order valence-electron chi connectivity index (χ0n) is 20.5. The first-order valence-electron chi connectivity index (χ1n) is 11.7. The molecule has 0 atom stereocenters. The molecule has 1 aliphatic carbocycles. The number of anilines is 3. The van der Waals surface area contributed by atoms with Gasteiger partial charge in [-0.3, -0.25) is 4.79 Å². The molecule has 0 bridgehead atoms. The fourth-order valence-corrected chi connectivity index (χ4v) is 4.16. The van der Waals surface area contributed by atoms with Gasteiger partial charge in [0.05, 0.1) is 17.4 Å². The van der Waals surface area contributed by atoms with Crippen molar-refractivity contribution in [3.63, 3.8) is 0 Å². The summed E-state index contributed by atoms with van der Waals surface area (Å²) in [6, 6.07) is 9.46. The number of fused-ring (bicyclic) bond motifs is 1. The van der Waals surface area contributed by atoms with E-state index >= 15 is 0 Å². The number of aliphatic hydroxyl groups is 1. The minimum atomic E-state index is -0.589. The number of carbonyl (C=O) groups excluding carboxylic acids is 1. The van der Waals surface area contributed by atoms with Gasteiger partial charge in [-0.15, -0.1) is 5.10 Å². The lowest BCUT2D eigenvalue weighted by Gasteiger charge is -2.33. The molecule has 0 unspecified atom stereocenters. The maximum Gasteiger partial charge on any atom is 0.253 e. The van der Waals surface area contributed by atoms with Crippen LogP contribution in [-0.4, -0.2) is 62.4 Å². The molecule has 1 fully saturated rings. The SMILES string of the molecule is CC(C)Oc1cc(C(=O)N(C)C)ccc1Nc1nc(NC2CCC(C)(O)CC2)c2cccn2n1. The van der Waals surface area contributed by atoms with Gasteiger partial charge in [0.25, 0.3) is 5.91 Å². The topological polar surface area (TPSA) is 104 Å². The summed E-state index contributed by atoms with van der Waals surface area (Å²) in [5.41, 5.74) is 1.51. The van der Waals surface area contributed by atoms with Crippen molar-refractivity contribution in [2.24, 2.45) is 0 Å². The zero-order chi connectivity index (χ0) is 24.5. The lowest BCUT2D eigenvalue weighted by atomic mass is 9.84.